The van der Waals surface area contributed by atoms with E-state index in [1.54, 1.807) is 23.7 Å². The van der Waals surface area contributed by atoms with Gasteiger partial charge in [-0.05, 0) is 25.7 Å². The van der Waals surface area contributed by atoms with Crippen molar-refractivity contribution in [2.45, 2.75) is 19.5 Å². The van der Waals surface area contributed by atoms with E-state index in [-0.39, 0.29) is 5.91 Å². The van der Waals surface area contributed by atoms with E-state index >= 15 is 0 Å². The van der Waals surface area contributed by atoms with Gasteiger partial charge in [0.15, 0.2) is 0 Å². The van der Waals surface area contributed by atoms with Crippen LogP contribution in [0.5, 0.6) is 0 Å². The summed E-state index contributed by atoms with van der Waals surface area (Å²) in [5, 5.41) is 5.85. The number of aromatic nitrogens is 2. The highest BCUT2D eigenvalue weighted by Gasteiger charge is 2.08. The van der Waals surface area contributed by atoms with Gasteiger partial charge in [0.25, 0.3) is 0 Å². The molecule has 2 heterocycles. The maximum Gasteiger partial charge on any atom is 0.226 e. The van der Waals surface area contributed by atoms with Gasteiger partial charge in [-0.3, -0.25) is 9.78 Å². The fraction of sp³-hybridized carbons (Fsp3) is 0.357. The van der Waals surface area contributed by atoms with Crippen molar-refractivity contribution >= 4 is 17.2 Å². The molecule has 0 unspecified atom stereocenters. The van der Waals surface area contributed by atoms with Crippen molar-refractivity contribution in [2.75, 3.05) is 14.1 Å². The summed E-state index contributed by atoms with van der Waals surface area (Å²) in [4.78, 5) is 22.4. The van der Waals surface area contributed by atoms with E-state index in [0.29, 0.717) is 13.0 Å². The van der Waals surface area contributed by atoms with E-state index < -0.39 is 0 Å². The number of hydrogen-bond donors (Lipinski definition) is 1. The number of nitrogens with zero attached hydrogens (tertiary/aromatic N) is 3. The SMILES string of the molecule is CN(C)Cc1nc(CC(=O)NCc2cccnc2)cs1. The lowest BCUT2D eigenvalue weighted by molar-refractivity contribution is -0.120. The van der Waals surface area contributed by atoms with Crippen molar-refractivity contribution in [3.05, 3.63) is 46.2 Å². The first-order valence-electron chi connectivity index (χ1n) is 6.37. The lowest BCUT2D eigenvalue weighted by Crippen LogP contribution is -2.24. The van der Waals surface area contributed by atoms with Crippen LogP contribution in [-0.4, -0.2) is 34.9 Å². The largest absolute Gasteiger partial charge is 0.352 e. The minimum Gasteiger partial charge on any atom is -0.352 e. The maximum absolute atomic E-state index is 11.8. The first-order chi connectivity index (χ1) is 9.63. The molecule has 0 saturated heterocycles. The van der Waals surface area contributed by atoms with Crippen molar-refractivity contribution in [1.29, 1.82) is 0 Å². The second kappa shape index (κ2) is 7.12. The summed E-state index contributed by atoms with van der Waals surface area (Å²) in [6.07, 6.45) is 3.79. The molecule has 20 heavy (non-hydrogen) atoms. The minimum absolute atomic E-state index is 0.0180. The number of carbonyl (C=O) groups is 1. The van der Waals surface area contributed by atoms with Crippen molar-refractivity contribution < 1.29 is 4.79 Å². The molecule has 2 rings (SSSR count). The highest BCUT2D eigenvalue weighted by Crippen LogP contribution is 2.11. The Hall–Kier alpha value is -1.79. The Bertz CT molecular complexity index is 553. The van der Waals surface area contributed by atoms with Crippen LogP contribution in [0, 0.1) is 0 Å². The van der Waals surface area contributed by atoms with Gasteiger partial charge < -0.3 is 10.2 Å². The molecule has 0 radical (unpaired) electrons. The van der Waals surface area contributed by atoms with Gasteiger partial charge in [-0.2, -0.15) is 0 Å². The van der Waals surface area contributed by atoms with E-state index in [9.17, 15) is 4.79 Å². The van der Waals surface area contributed by atoms with Gasteiger partial charge in [-0.25, -0.2) is 4.98 Å². The molecule has 0 atom stereocenters. The number of rotatable bonds is 6. The quantitative estimate of drug-likeness (QED) is 0.875. The molecule has 2 aromatic rings. The van der Waals surface area contributed by atoms with Crippen LogP contribution >= 0.6 is 11.3 Å². The first kappa shape index (κ1) is 14.6. The van der Waals surface area contributed by atoms with Gasteiger partial charge in [0, 0.05) is 30.9 Å². The predicted octanol–water partition coefficient (Wildman–Crippen LogP) is 1.46. The number of carbonyl (C=O) groups excluding carboxylic acids is 1. The van der Waals surface area contributed by atoms with Gasteiger partial charge in [-0.15, -0.1) is 11.3 Å². The van der Waals surface area contributed by atoms with Gasteiger partial charge in [0.05, 0.1) is 12.1 Å². The van der Waals surface area contributed by atoms with Crippen LogP contribution in [0.1, 0.15) is 16.3 Å². The third kappa shape index (κ3) is 4.71. The van der Waals surface area contributed by atoms with E-state index in [4.69, 9.17) is 0 Å². The highest BCUT2D eigenvalue weighted by atomic mass is 32.1. The zero-order chi connectivity index (χ0) is 14.4. The Morgan fingerprint density at radius 1 is 1.45 bits per heavy atom. The summed E-state index contributed by atoms with van der Waals surface area (Å²) < 4.78 is 0. The van der Waals surface area contributed by atoms with Crippen molar-refractivity contribution in [2.24, 2.45) is 0 Å². The zero-order valence-corrected chi connectivity index (χ0v) is 12.5. The van der Waals surface area contributed by atoms with Crippen LogP contribution in [0.2, 0.25) is 0 Å². The van der Waals surface area contributed by atoms with Crippen LogP contribution in [0.25, 0.3) is 0 Å². The highest BCUT2D eigenvalue weighted by molar-refractivity contribution is 7.09. The fourth-order valence-electron chi connectivity index (χ4n) is 1.70. The smallest absolute Gasteiger partial charge is 0.226 e. The summed E-state index contributed by atoms with van der Waals surface area (Å²) in [7, 11) is 4.00. The summed E-state index contributed by atoms with van der Waals surface area (Å²) in [6.45, 7) is 1.31. The van der Waals surface area contributed by atoms with Crippen LogP contribution < -0.4 is 5.32 Å². The zero-order valence-electron chi connectivity index (χ0n) is 11.7. The van der Waals surface area contributed by atoms with Crippen LogP contribution in [0.4, 0.5) is 0 Å². The molecule has 0 aliphatic heterocycles. The molecule has 106 valence electrons. The molecule has 0 bridgehead atoms. The molecule has 0 aliphatic rings. The summed E-state index contributed by atoms with van der Waals surface area (Å²) in [6, 6.07) is 3.79. The van der Waals surface area contributed by atoms with E-state index in [1.165, 1.54) is 0 Å². The molecular weight excluding hydrogens is 272 g/mol. The molecule has 2 aromatic heterocycles. The summed E-state index contributed by atoms with van der Waals surface area (Å²) in [5.74, 6) is -0.0180. The molecule has 0 aromatic carbocycles. The number of thiazole rings is 1. The van der Waals surface area contributed by atoms with Gasteiger partial charge in [0.2, 0.25) is 5.91 Å². The molecule has 0 fully saturated rings. The molecule has 0 saturated carbocycles. The van der Waals surface area contributed by atoms with Crippen LogP contribution in [0.3, 0.4) is 0 Å². The average molecular weight is 290 g/mol. The second-order valence-electron chi connectivity index (χ2n) is 4.79. The first-order valence-corrected chi connectivity index (χ1v) is 7.25. The van der Waals surface area contributed by atoms with E-state index in [0.717, 1.165) is 22.8 Å². The van der Waals surface area contributed by atoms with Gasteiger partial charge in [0.1, 0.15) is 5.01 Å². The van der Waals surface area contributed by atoms with E-state index in [1.807, 2.05) is 31.6 Å². The second-order valence-corrected chi connectivity index (χ2v) is 5.73. The monoisotopic (exact) mass is 290 g/mol. The van der Waals surface area contributed by atoms with Crippen molar-refractivity contribution in [3.63, 3.8) is 0 Å². The van der Waals surface area contributed by atoms with E-state index in [2.05, 4.69) is 20.2 Å². The third-order valence-corrected chi connectivity index (χ3v) is 3.49. The lowest BCUT2D eigenvalue weighted by Gasteiger charge is -2.05. The Morgan fingerprint density at radius 3 is 3.00 bits per heavy atom. The number of pyridine rings is 1. The van der Waals surface area contributed by atoms with Crippen LogP contribution in [-0.2, 0) is 24.3 Å². The number of nitrogens with one attached hydrogen (secondary N) is 1. The fourth-order valence-corrected chi connectivity index (χ4v) is 2.61. The van der Waals surface area contributed by atoms with Crippen LogP contribution in [0.15, 0.2) is 29.9 Å². The molecule has 0 spiro atoms. The molecule has 5 nitrogen and oxygen atoms in total. The summed E-state index contributed by atoms with van der Waals surface area (Å²) in [5.41, 5.74) is 1.82. The number of hydrogen-bond acceptors (Lipinski definition) is 5. The summed E-state index contributed by atoms with van der Waals surface area (Å²) >= 11 is 1.59. The minimum atomic E-state index is -0.0180. The topological polar surface area (TPSA) is 58.1 Å². The third-order valence-electron chi connectivity index (χ3n) is 2.60. The van der Waals surface area contributed by atoms with Gasteiger partial charge in [-0.1, -0.05) is 6.07 Å². The standard InChI is InChI=1S/C14H18N4OS/c1-18(2)9-14-17-12(10-20-14)6-13(19)16-8-11-4-3-5-15-7-11/h3-5,7,10H,6,8-9H2,1-2H3,(H,16,19). The predicted molar refractivity (Wildman–Crippen MR) is 79.3 cm³/mol. The molecule has 1 amide bonds. The Balaban J connectivity index is 1.81. The Labute approximate surface area is 122 Å². The van der Waals surface area contributed by atoms with Crippen molar-refractivity contribution in [3.8, 4) is 0 Å². The molecule has 0 aliphatic carbocycles. The van der Waals surface area contributed by atoms with Crippen molar-refractivity contribution in [1.82, 2.24) is 20.2 Å². The lowest BCUT2D eigenvalue weighted by atomic mass is 10.2. The molecule has 6 heteroatoms. The Kier molecular flexibility index (Phi) is 5.20. The molecular formula is C14H18N4OS. The normalized spacial score (nSPS) is 10.8. The maximum atomic E-state index is 11.8. The Morgan fingerprint density at radius 2 is 2.30 bits per heavy atom. The van der Waals surface area contributed by atoms with Gasteiger partial charge >= 0.3 is 0 Å². The molecule has 1 N–H and O–H groups in total. The number of amides is 1. The average Bonchev–Trinajstić information content (AvgIpc) is 2.84.